The standard InChI is InChI=1S/C9H12ClN3O5/c10-9(7(16)6(15)4(3-14)18-9)13-2-1-5(11)12-8(13)17/h1-2,4,6-7,14-16H,3H2,(H2,11,12,17)/t4-,6-,7-,9+/m1/s1. The highest BCUT2D eigenvalue weighted by atomic mass is 35.5. The van der Waals surface area contributed by atoms with E-state index in [1.807, 2.05) is 0 Å². The first-order valence-corrected chi connectivity index (χ1v) is 5.47. The normalized spacial score (nSPS) is 35.9. The lowest BCUT2D eigenvalue weighted by molar-refractivity contribution is -0.0882. The van der Waals surface area contributed by atoms with Gasteiger partial charge in [0.15, 0.2) is 0 Å². The number of anilines is 1. The highest BCUT2D eigenvalue weighted by Gasteiger charge is 2.55. The molecular formula is C9H12ClN3O5. The lowest BCUT2D eigenvalue weighted by Crippen LogP contribution is -2.46. The van der Waals surface area contributed by atoms with Crippen LogP contribution in [0, 0.1) is 0 Å². The van der Waals surface area contributed by atoms with E-state index in [1.54, 1.807) is 0 Å². The van der Waals surface area contributed by atoms with Crippen molar-refractivity contribution in [3.8, 4) is 0 Å². The molecule has 1 aromatic heterocycles. The van der Waals surface area contributed by atoms with Crippen LogP contribution in [0.2, 0.25) is 0 Å². The maximum atomic E-state index is 11.6. The molecule has 2 rings (SSSR count). The van der Waals surface area contributed by atoms with Gasteiger partial charge >= 0.3 is 5.69 Å². The summed E-state index contributed by atoms with van der Waals surface area (Å²) in [6.07, 6.45) is -2.92. The molecule has 0 bridgehead atoms. The van der Waals surface area contributed by atoms with Crippen LogP contribution in [0.4, 0.5) is 5.82 Å². The summed E-state index contributed by atoms with van der Waals surface area (Å²) in [5, 5.41) is 26.4. The first-order valence-electron chi connectivity index (χ1n) is 5.09. The molecule has 1 aliphatic heterocycles. The lowest BCUT2D eigenvalue weighted by atomic mass is 10.1. The average molecular weight is 278 g/mol. The van der Waals surface area contributed by atoms with E-state index in [2.05, 4.69) is 4.98 Å². The summed E-state index contributed by atoms with van der Waals surface area (Å²) in [6, 6.07) is 1.29. The van der Waals surface area contributed by atoms with Crippen LogP contribution in [0.15, 0.2) is 17.1 Å². The van der Waals surface area contributed by atoms with E-state index in [9.17, 15) is 15.0 Å². The van der Waals surface area contributed by atoms with Crippen molar-refractivity contribution in [3.63, 3.8) is 0 Å². The molecule has 0 amide bonds. The van der Waals surface area contributed by atoms with E-state index >= 15 is 0 Å². The largest absolute Gasteiger partial charge is 0.394 e. The number of ether oxygens (including phenoxy) is 1. The molecule has 0 aliphatic carbocycles. The van der Waals surface area contributed by atoms with Gasteiger partial charge < -0.3 is 25.8 Å². The number of aromatic nitrogens is 2. The Morgan fingerprint density at radius 3 is 2.78 bits per heavy atom. The summed E-state index contributed by atoms with van der Waals surface area (Å²) < 4.78 is 5.93. The second-order valence-electron chi connectivity index (χ2n) is 3.89. The van der Waals surface area contributed by atoms with E-state index in [1.165, 1.54) is 12.3 Å². The number of alkyl halides is 1. The number of halogens is 1. The molecule has 1 saturated heterocycles. The third-order valence-corrected chi connectivity index (χ3v) is 3.21. The van der Waals surface area contributed by atoms with Gasteiger partial charge in [0.05, 0.1) is 6.61 Å². The Bertz CT molecular complexity index is 509. The van der Waals surface area contributed by atoms with Crippen molar-refractivity contribution in [2.75, 3.05) is 12.3 Å². The molecule has 0 aromatic carbocycles. The Morgan fingerprint density at radius 2 is 2.28 bits per heavy atom. The van der Waals surface area contributed by atoms with Crippen LogP contribution in [-0.2, 0) is 9.92 Å². The fourth-order valence-electron chi connectivity index (χ4n) is 1.76. The van der Waals surface area contributed by atoms with E-state index in [-0.39, 0.29) is 5.82 Å². The number of nitrogens with zero attached hydrogens (tertiary/aromatic N) is 2. The van der Waals surface area contributed by atoms with E-state index in [0.29, 0.717) is 0 Å². The van der Waals surface area contributed by atoms with Crippen molar-refractivity contribution in [3.05, 3.63) is 22.7 Å². The minimum absolute atomic E-state index is 0.0109. The molecule has 4 atom stereocenters. The minimum atomic E-state index is -2.02. The predicted molar refractivity (Wildman–Crippen MR) is 60.7 cm³/mol. The Labute approximate surface area is 106 Å². The molecule has 9 heteroatoms. The maximum absolute atomic E-state index is 11.6. The van der Waals surface area contributed by atoms with Gasteiger partial charge in [-0.15, -0.1) is 0 Å². The van der Waals surface area contributed by atoms with Gasteiger partial charge in [-0.3, -0.25) is 4.57 Å². The molecular weight excluding hydrogens is 266 g/mol. The summed E-state index contributed by atoms with van der Waals surface area (Å²) in [5.74, 6) is -0.0109. The summed E-state index contributed by atoms with van der Waals surface area (Å²) >= 11 is 6.01. The fraction of sp³-hybridized carbons (Fsp3) is 0.556. The zero-order chi connectivity index (χ0) is 13.5. The number of aliphatic hydroxyl groups excluding tert-OH is 3. The molecule has 100 valence electrons. The third-order valence-electron chi connectivity index (χ3n) is 2.72. The Hall–Kier alpha value is -1.19. The predicted octanol–water partition coefficient (Wildman–Crippen LogP) is -2.21. The molecule has 0 radical (unpaired) electrons. The van der Waals surface area contributed by atoms with Crippen molar-refractivity contribution in [1.82, 2.24) is 9.55 Å². The van der Waals surface area contributed by atoms with Crippen molar-refractivity contribution >= 4 is 17.4 Å². The molecule has 8 nitrogen and oxygen atoms in total. The van der Waals surface area contributed by atoms with Crippen LogP contribution in [0.25, 0.3) is 0 Å². The van der Waals surface area contributed by atoms with Gasteiger partial charge in [0, 0.05) is 6.20 Å². The number of hydrogen-bond acceptors (Lipinski definition) is 7. The fourth-order valence-corrected chi connectivity index (χ4v) is 2.13. The Kier molecular flexibility index (Phi) is 3.30. The monoisotopic (exact) mass is 277 g/mol. The van der Waals surface area contributed by atoms with Crippen LogP contribution in [0.3, 0.4) is 0 Å². The zero-order valence-corrected chi connectivity index (χ0v) is 9.86. The number of aliphatic hydroxyl groups is 3. The number of hydrogen-bond donors (Lipinski definition) is 4. The molecule has 0 saturated carbocycles. The quantitative estimate of drug-likeness (QED) is 0.451. The van der Waals surface area contributed by atoms with E-state index in [4.69, 9.17) is 27.2 Å². The smallest absolute Gasteiger partial charge is 0.352 e. The van der Waals surface area contributed by atoms with Crippen molar-refractivity contribution < 1.29 is 20.1 Å². The number of nitrogens with two attached hydrogens (primary N) is 1. The number of rotatable bonds is 2. The molecule has 2 heterocycles. The van der Waals surface area contributed by atoms with Crippen LogP contribution in [0.1, 0.15) is 0 Å². The van der Waals surface area contributed by atoms with Gasteiger partial charge in [-0.25, -0.2) is 4.79 Å². The topological polar surface area (TPSA) is 131 Å². The highest BCUT2D eigenvalue weighted by molar-refractivity contribution is 6.21. The second kappa shape index (κ2) is 4.48. The van der Waals surface area contributed by atoms with Gasteiger partial charge in [0.2, 0.25) is 0 Å². The van der Waals surface area contributed by atoms with Gasteiger partial charge in [-0.2, -0.15) is 4.98 Å². The highest BCUT2D eigenvalue weighted by Crippen LogP contribution is 2.38. The van der Waals surface area contributed by atoms with Gasteiger partial charge in [0.25, 0.3) is 5.18 Å². The van der Waals surface area contributed by atoms with Crippen LogP contribution in [0.5, 0.6) is 0 Å². The first-order chi connectivity index (χ1) is 8.40. The summed E-state index contributed by atoms with van der Waals surface area (Å²) in [6.45, 7) is -0.552. The van der Waals surface area contributed by atoms with Gasteiger partial charge in [-0.05, 0) is 6.07 Å². The third kappa shape index (κ3) is 1.88. The number of nitrogen functional groups attached to an aromatic ring is 1. The Balaban J connectivity index is 2.46. The van der Waals surface area contributed by atoms with Gasteiger partial charge in [0.1, 0.15) is 24.1 Å². The van der Waals surface area contributed by atoms with Gasteiger partial charge in [-0.1, -0.05) is 11.6 Å². The van der Waals surface area contributed by atoms with E-state index in [0.717, 1.165) is 4.57 Å². The SMILES string of the molecule is Nc1ccn([C@]2(Cl)O[C@H](CO)[C@@H](O)[C@H]2O)c(=O)n1. The van der Waals surface area contributed by atoms with Crippen LogP contribution in [-0.4, -0.2) is 49.8 Å². The maximum Gasteiger partial charge on any atom is 0.352 e. The summed E-state index contributed by atoms with van der Waals surface area (Å²) in [5.41, 5.74) is 4.49. The summed E-state index contributed by atoms with van der Waals surface area (Å²) in [4.78, 5) is 15.1. The van der Waals surface area contributed by atoms with Crippen molar-refractivity contribution in [1.29, 1.82) is 0 Å². The average Bonchev–Trinajstić information content (AvgIpc) is 2.54. The first kappa shape index (κ1) is 13.2. The molecule has 0 unspecified atom stereocenters. The lowest BCUT2D eigenvalue weighted by Gasteiger charge is -2.26. The molecule has 0 spiro atoms. The zero-order valence-electron chi connectivity index (χ0n) is 9.10. The summed E-state index contributed by atoms with van der Waals surface area (Å²) in [7, 11) is 0. The Morgan fingerprint density at radius 1 is 1.61 bits per heavy atom. The molecule has 1 aromatic rings. The molecule has 1 aliphatic rings. The van der Waals surface area contributed by atoms with Crippen LogP contribution >= 0.6 is 11.6 Å². The molecule has 5 N–H and O–H groups in total. The van der Waals surface area contributed by atoms with E-state index < -0.39 is 35.8 Å². The van der Waals surface area contributed by atoms with Crippen molar-refractivity contribution in [2.45, 2.75) is 23.5 Å². The second-order valence-corrected chi connectivity index (χ2v) is 4.43. The van der Waals surface area contributed by atoms with Crippen molar-refractivity contribution in [2.24, 2.45) is 0 Å². The molecule has 1 fully saturated rings. The molecule has 18 heavy (non-hydrogen) atoms. The van der Waals surface area contributed by atoms with Crippen LogP contribution < -0.4 is 11.4 Å². The minimum Gasteiger partial charge on any atom is -0.394 e.